The summed E-state index contributed by atoms with van der Waals surface area (Å²) < 4.78 is 11.9. The SMILES string of the molecule is CC(C)(C)c1ccc(N2B3c4cc5c(cc4-n4c6cc7oc8ccccc8c7cc6c6ccc(c3c64)-c3cc4sc6ccccc6c4cc32)-c2ccccc2C5(C)C)cc1. The smallest absolute Gasteiger partial charge is 0.333 e. The molecule has 0 spiro atoms. The number of aromatic nitrogens is 1. The van der Waals surface area contributed by atoms with E-state index in [1.54, 1.807) is 0 Å². The Morgan fingerprint density at radius 1 is 0.550 bits per heavy atom. The molecule has 0 amide bonds. The summed E-state index contributed by atoms with van der Waals surface area (Å²) in [5.74, 6) is 0. The van der Waals surface area contributed by atoms with E-state index in [1.165, 1.54) is 109 Å². The maximum absolute atomic E-state index is 6.62. The lowest BCUT2D eigenvalue weighted by molar-refractivity contribution is 0.590. The van der Waals surface area contributed by atoms with E-state index in [0.29, 0.717) is 0 Å². The molecule has 284 valence electrons. The van der Waals surface area contributed by atoms with Crippen molar-refractivity contribution in [2.75, 3.05) is 4.81 Å². The van der Waals surface area contributed by atoms with Crippen LogP contribution in [0.2, 0.25) is 0 Å². The van der Waals surface area contributed by atoms with Gasteiger partial charge in [-0.1, -0.05) is 126 Å². The fourth-order valence-electron chi connectivity index (χ4n) is 11.4. The van der Waals surface area contributed by atoms with Gasteiger partial charge in [0.25, 0.3) is 0 Å². The van der Waals surface area contributed by atoms with Gasteiger partial charge in [-0.05, 0) is 98.3 Å². The van der Waals surface area contributed by atoms with Gasteiger partial charge < -0.3 is 13.8 Å². The second kappa shape index (κ2) is 11.0. The Labute approximate surface area is 352 Å². The van der Waals surface area contributed by atoms with Crippen LogP contribution in [0.5, 0.6) is 0 Å². The number of furan rings is 1. The highest BCUT2D eigenvalue weighted by Crippen LogP contribution is 2.53. The zero-order valence-corrected chi connectivity index (χ0v) is 35.0. The Kier molecular flexibility index (Phi) is 6.09. The number of para-hydroxylation sites is 1. The van der Waals surface area contributed by atoms with Crippen molar-refractivity contribution in [3.05, 3.63) is 162 Å². The van der Waals surface area contributed by atoms with Crippen molar-refractivity contribution in [3.8, 4) is 27.9 Å². The molecule has 5 heteroatoms. The lowest BCUT2D eigenvalue weighted by Gasteiger charge is -2.42. The van der Waals surface area contributed by atoms with E-state index in [-0.39, 0.29) is 17.7 Å². The molecule has 3 aliphatic rings. The fourth-order valence-corrected chi connectivity index (χ4v) is 12.6. The third kappa shape index (κ3) is 4.07. The third-order valence-electron chi connectivity index (χ3n) is 14.3. The second-order valence-electron chi connectivity index (χ2n) is 18.9. The van der Waals surface area contributed by atoms with Gasteiger partial charge in [0, 0.05) is 75.8 Å². The highest BCUT2D eigenvalue weighted by atomic mass is 32.1. The van der Waals surface area contributed by atoms with Crippen LogP contribution in [0.15, 0.2) is 150 Å². The largest absolute Gasteiger partial charge is 0.456 e. The van der Waals surface area contributed by atoms with Crippen LogP contribution in [0.3, 0.4) is 0 Å². The second-order valence-corrected chi connectivity index (χ2v) is 20.0. The van der Waals surface area contributed by atoms with Gasteiger partial charge in [0.2, 0.25) is 0 Å². The van der Waals surface area contributed by atoms with Gasteiger partial charge in [0.1, 0.15) is 11.2 Å². The number of rotatable bonds is 1. The molecule has 11 aromatic rings. The normalized spacial score (nSPS) is 14.8. The molecule has 0 N–H and O–H groups in total. The molecular weight excluding hydrogens is 747 g/mol. The van der Waals surface area contributed by atoms with Gasteiger partial charge in [-0.2, -0.15) is 0 Å². The number of hydrogen-bond donors (Lipinski definition) is 0. The van der Waals surface area contributed by atoms with Crippen LogP contribution < -0.4 is 15.7 Å². The van der Waals surface area contributed by atoms with E-state index >= 15 is 0 Å². The lowest BCUT2D eigenvalue weighted by atomic mass is 9.43. The summed E-state index contributed by atoms with van der Waals surface area (Å²) in [7, 11) is 0. The predicted octanol–water partition coefficient (Wildman–Crippen LogP) is 13.9. The molecule has 0 atom stereocenters. The lowest BCUT2D eigenvalue weighted by Crippen LogP contribution is -2.60. The molecule has 0 unspecified atom stereocenters. The van der Waals surface area contributed by atoms with Crippen LogP contribution >= 0.6 is 11.3 Å². The molecule has 8 aromatic carbocycles. The minimum atomic E-state index is -0.150. The molecule has 60 heavy (non-hydrogen) atoms. The Morgan fingerprint density at radius 2 is 1.33 bits per heavy atom. The summed E-state index contributed by atoms with van der Waals surface area (Å²) in [5, 5.41) is 7.50. The van der Waals surface area contributed by atoms with Crippen molar-refractivity contribution < 1.29 is 4.42 Å². The predicted molar refractivity (Wildman–Crippen MR) is 256 cm³/mol. The van der Waals surface area contributed by atoms with E-state index < -0.39 is 0 Å². The first-order valence-electron chi connectivity index (χ1n) is 21.2. The molecular formula is C55H39BN2OS. The average molecular weight is 787 g/mol. The molecule has 0 radical (unpaired) electrons. The van der Waals surface area contributed by atoms with Crippen LogP contribution in [-0.2, 0) is 10.8 Å². The molecule has 14 rings (SSSR count). The van der Waals surface area contributed by atoms with Crippen molar-refractivity contribution >= 4 is 104 Å². The molecule has 0 saturated heterocycles. The number of fused-ring (bicyclic) bond motifs is 17. The van der Waals surface area contributed by atoms with E-state index in [4.69, 9.17) is 4.42 Å². The summed E-state index contributed by atoms with van der Waals surface area (Å²) in [5.41, 5.74) is 20.0. The van der Waals surface area contributed by atoms with Crippen LogP contribution in [0, 0.1) is 0 Å². The molecule has 2 aliphatic heterocycles. The van der Waals surface area contributed by atoms with Crippen molar-refractivity contribution in [1.82, 2.24) is 4.57 Å². The number of thiophene rings is 1. The summed E-state index contributed by atoms with van der Waals surface area (Å²) in [6, 6.07) is 55.5. The average Bonchev–Trinajstić information content (AvgIpc) is 3.97. The Morgan fingerprint density at radius 3 is 2.18 bits per heavy atom. The first kappa shape index (κ1) is 33.3. The molecule has 0 saturated carbocycles. The Balaban J connectivity index is 1.16. The van der Waals surface area contributed by atoms with Gasteiger partial charge in [-0.15, -0.1) is 11.3 Å². The number of hydrogen-bond acceptors (Lipinski definition) is 3. The van der Waals surface area contributed by atoms with Crippen molar-refractivity contribution in [1.29, 1.82) is 0 Å². The standard InChI is InChI=1S/C55H39BN2OS/c1-54(2,3)30-18-20-31(21-19-30)58-46-26-41-34-14-8-11-17-50(34)60-51(41)27-39(46)35-22-23-36-38-24-40-33-13-7-10-16-48(33)59-49(40)29-45(38)57-47-25-37-32-12-6-9-15-42(32)55(4,5)43(37)28-44(47)56(58)52(35)53(36)57/h6-29H,1-5H3. The number of benzene rings is 8. The van der Waals surface area contributed by atoms with Gasteiger partial charge in [-0.25, -0.2) is 0 Å². The Bertz CT molecular complexity index is 3740. The first-order chi connectivity index (χ1) is 29.1. The minimum Gasteiger partial charge on any atom is -0.456 e. The number of nitrogens with zero attached hydrogens (tertiary/aromatic N) is 2. The molecule has 0 bridgehead atoms. The van der Waals surface area contributed by atoms with Gasteiger partial charge in [-0.3, -0.25) is 0 Å². The van der Waals surface area contributed by atoms with Crippen LogP contribution in [0.1, 0.15) is 51.3 Å². The fraction of sp³-hybridized carbons (Fsp3) is 0.127. The summed E-state index contributed by atoms with van der Waals surface area (Å²) in [6.07, 6.45) is 0. The van der Waals surface area contributed by atoms with E-state index in [9.17, 15) is 0 Å². The topological polar surface area (TPSA) is 21.3 Å². The maximum atomic E-state index is 6.62. The molecule has 3 aromatic heterocycles. The summed E-state index contributed by atoms with van der Waals surface area (Å²) >= 11 is 1.90. The monoisotopic (exact) mass is 786 g/mol. The Hall–Kier alpha value is -6.56. The van der Waals surface area contributed by atoms with Crippen molar-refractivity contribution in [2.45, 2.75) is 45.4 Å². The highest BCUT2D eigenvalue weighted by Gasteiger charge is 2.46. The quantitative estimate of drug-likeness (QED) is 0.155. The zero-order valence-electron chi connectivity index (χ0n) is 34.1. The van der Waals surface area contributed by atoms with Crippen molar-refractivity contribution in [2.24, 2.45) is 0 Å². The van der Waals surface area contributed by atoms with E-state index in [2.05, 4.69) is 190 Å². The number of anilines is 2. The molecule has 5 heterocycles. The highest BCUT2D eigenvalue weighted by molar-refractivity contribution is 7.25. The maximum Gasteiger partial charge on any atom is 0.333 e. The van der Waals surface area contributed by atoms with E-state index in [1.807, 2.05) is 11.3 Å². The van der Waals surface area contributed by atoms with Gasteiger partial charge >= 0.3 is 6.85 Å². The van der Waals surface area contributed by atoms with Crippen LogP contribution in [-0.4, -0.2) is 11.4 Å². The molecule has 0 fully saturated rings. The van der Waals surface area contributed by atoms with E-state index in [0.717, 1.165) is 21.9 Å². The zero-order chi connectivity index (χ0) is 40.0. The summed E-state index contributed by atoms with van der Waals surface area (Å²) in [6.45, 7) is 11.7. The third-order valence-corrected chi connectivity index (χ3v) is 15.5. The molecule has 3 nitrogen and oxygen atoms in total. The van der Waals surface area contributed by atoms with Crippen molar-refractivity contribution in [3.63, 3.8) is 0 Å². The van der Waals surface area contributed by atoms with Gasteiger partial charge in [0.05, 0.1) is 11.0 Å². The van der Waals surface area contributed by atoms with Gasteiger partial charge in [0.15, 0.2) is 0 Å². The summed E-state index contributed by atoms with van der Waals surface area (Å²) in [4.78, 5) is 2.69. The first-order valence-corrected chi connectivity index (χ1v) is 22.0. The van der Waals surface area contributed by atoms with Crippen LogP contribution in [0.4, 0.5) is 11.4 Å². The van der Waals surface area contributed by atoms with Crippen LogP contribution in [0.25, 0.3) is 91.9 Å². The minimum absolute atomic E-state index is 0.0445. The molecule has 1 aliphatic carbocycles.